The number of aryl methyl sites for hydroxylation is 1. The minimum absolute atomic E-state index is 0.106. The zero-order chi connectivity index (χ0) is 17.8. The van der Waals surface area contributed by atoms with Crippen LogP contribution in [0.3, 0.4) is 0 Å². The van der Waals surface area contributed by atoms with Crippen molar-refractivity contribution in [1.82, 2.24) is 18.3 Å². The highest BCUT2D eigenvalue weighted by Crippen LogP contribution is 2.18. The third-order valence-electron chi connectivity index (χ3n) is 3.54. The summed E-state index contributed by atoms with van der Waals surface area (Å²) in [7, 11) is -1.80. The van der Waals surface area contributed by atoms with Gasteiger partial charge in [0, 0.05) is 14.1 Å². The van der Waals surface area contributed by atoms with Crippen LogP contribution in [-0.4, -0.2) is 26.7 Å². The fraction of sp³-hybridized carbons (Fsp3) is 0.154. The van der Waals surface area contributed by atoms with Gasteiger partial charge >= 0.3 is 5.69 Å². The van der Waals surface area contributed by atoms with E-state index < -0.39 is 37.8 Å². The monoisotopic (exact) mass is 356 g/mol. The van der Waals surface area contributed by atoms with E-state index in [1.54, 1.807) is 0 Å². The molecule has 0 atom stereocenters. The van der Waals surface area contributed by atoms with Crippen LogP contribution < -0.4 is 11.2 Å². The van der Waals surface area contributed by atoms with Gasteiger partial charge < -0.3 is 0 Å². The van der Waals surface area contributed by atoms with Crippen molar-refractivity contribution in [2.75, 3.05) is 0 Å². The number of rotatable bonds is 2. The number of hydrogen-bond donors (Lipinski definition) is 0. The second kappa shape index (κ2) is 5.09. The molecule has 24 heavy (non-hydrogen) atoms. The van der Waals surface area contributed by atoms with Gasteiger partial charge in [0.2, 0.25) is 0 Å². The average molecular weight is 356 g/mol. The van der Waals surface area contributed by atoms with E-state index in [1.165, 1.54) is 14.1 Å². The van der Waals surface area contributed by atoms with Crippen molar-refractivity contribution in [3.63, 3.8) is 0 Å². The maximum Gasteiger partial charge on any atom is 0.332 e. The van der Waals surface area contributed by atoms with Crippen LogP contribution in [0.4, 0.5) is 8.78 Å². The lowest BCUT2D eigenvalue weighted by Crippen LogP contribution is -2.36. The van der Waals surface area contributed by atoms with Crippen LogP contribution in [0.2, 0.25) is 0 Å². The third-order valence-corrected chi connectivity index (χ3v) is 5.06. The summed E-state index contributed by atoms with van der Waals surface area (Å²) in [4.78, 5) is 23.4. The van der Waals surface area contributed by atoms with Crippen molar-refractivity contribution in [3.05, 3.63) is 56.9 Å². The topological polar surface area (TPSA) is 96.0 Å². The van der Waals surface area contributed by atoms with Crippen LogP contribution in [0.1, 0.15) is 0 Å². The van der Waals surface area contributed by atoms with Crippen molar-refractivity contribution >= 4 is 21.1 Å². The largest absolute Gasteiger partial charge is 0.332 e. The quantitative estimate of drug-likeness (QED) is 0.641. The fourth-order valence-corrected chi connectivity index (χ4v) is 3.33. The van der Waals surface area contributed by atoms with E-state index in [-0.39, 0.29) is 11.0 Å². The molecule has 3 aromatic rings. The van der Waals surface area contributed by atoms with Crippen LogP contribution in [0, 0.1) is 11.6 Å². The van der Waals surface area contributed by atoms with Gasteiger partial charge in [-0.3, -0.25) is 13.9 Å². The van der Waals surface area contributed by atoms with E-state index in [2.05, 4.69) is 5.10 Å². The van der Waals surface area contributed by atoms with E-state index in [0.717, 1.165) is 21.4 Å². The van der Waals surface area contributed by atoms with Crippen molar-refractivity contribution in [3.8, 4) is 0 Å². The average Bonchev–Trinajstić information content (AvgIpc) is 2.99. The molecule has 0 bridgehead atoms. The second-order valence-corrected chi connectivity index (χ2v) is 6.82. The summed E-state index contributed by atoms with van der Waals surface area (Å²) in [5, 5.41) is 3.63. The zero-order valence-corrected chi connectivity index (χ0v) is 13.2. The fourth-order valence-electron chi connectivity index (χ4n) is 2.19. The van der Waals surface area contributed by atoms with Crippen LogP contribution in [0.5, 0.6) is 0 Å². The van der Waals surface area contributed by atoms with Gasteiger partial charge in [-0.1, -0.05) is 0 Å². The molecule has 0 aliphatic heterocycles. The first-order valence-electron chi connectivity index (χ1n) is 6.50. The summed E-state index contributed by atoms with van der Waals surface area (Å²) in [5.74, 6) is -2.54. The van der Waals surface area contributed by atoms with E-state index in [0.29, 0.717) is 16.2 Å². The Bertz CT molecular complexity index is 1210. The highest BCUT2D eigenvalue weighted by molar-refractivity contribution is 7.89. The molecule has 2 heterocycles. The molecule has 0 saturated carbocycles. The molecular formula is C13H10F2N4O4S. The predicted molar refractivity (Wildman–Crippen MR) is 79.2 cm³/mol. The molecule has 0 fully saturated rings. The summed E-state index contributed by atoms with van der Waals surface area (Å²) in [6.45, 7) is 0. The molecule has 0 N–H and O–H groups in total. The summed E-state index contributed by atoms with van der Waals surface area (Å²) < 4.78 is 53.5. The van der Waals surface area contributed by atoms with Crippen molar-refractivity contribution in [1.29, 1.82) is 0 Å². The molecule has 0 unspecified atom stereocenters. The van der Waals surface area contributed by atoms with Gasteiger partial charge in [-0.2, -0.15) is 12.5 Å². The van der Waals surface area contributed by atoms with Gasteiger partial charge in [0.25, 0.3) is 15.6 Å². The lowest BCUT2D eigenvalue weighted by molar-refractivity contribution is 0.504. The minimum atomic E-state index is -4.36. The molecule has 0 aliphatic carbocycles. The van der Waals surface area contributed by atoms with Gasteiger partial charge in [-0.25, -0.2) is 13.6 Å². The first-order chi connectivity index (χ1) is 11.1. The van der Waals surface area contributed by atoms with E-state index in [1.807, 2.05) is 0 Å². The standard InChI is InChI=1S/C13H10F2N4O4S/c1-17-11-8(12(20)18(2)13(17)21)6-19(16-11)24(22,23)7-3-4-9(14)10(15)5-7/h3-6H,1-2H3. The molecule has 11 heteroatoms. The maximum atomic E-state index is 13.3. The Kier molecular flexibility index (Phi) is 3.41. The molecule has 2 aromatic heterocycles. The summed E-state index contributed by atoms with van der Waals surface area (Å²) in [6, 6.07) is 2.05. The first-order valence-corrected chi connectivity index (χ1v) is 7.94. The first kappa shape index (κ1) is 16.1. The number of aromatic nitrogens is 4. The minimum Gasteiger partial charge on any atom is -0.279 e. The third kappa shape index (κ3) is 2.16. The molecular weight excluding hydrogens is 346 g/mol. The van der Waals surface area contributed by atoms with Gasteiger partial charge in [-0.15, -0.1) is 5.10 Å². The molecule has 1 aromatic carbocycles. The highest BCUT2D eigenvalue weighted by Gasteiger charge is 2.23. The molecule has 0 spiro atoms. The number of halogens is 2. The Labute approximate surface area is 133 Å². The molecule has 0 saturated heterocycles. The molecule has 3 rings (SSSR count). The lowest BCUT2D eigenvalue weighted by Gasteiger charge is -2.04. The van der Waals surface area contributed by atoms with E-state index in [4.69, 9.17) is 0 Å². The lowest BCUT2D eigenvalue weighted by atomic mass is 10.3. The number of nitrogens with zero attached hydrogens (tertiary/aromatic N) is 4. The molecule has 0 aliphatic rings. The van der Waals surface area contributed by atoms with Crippen molar-refractivity contribution in [2.45, 2.75) is 4.90 Å². The Morgan fingerprint density at radius 1 is 1.04 bits per heavy atom. The maximum absolute atomic E-state index is 13.3. The van der Waals surface area contributed by atoms with Gasteiger partial charge in [0.15, 0.2) is 17.3 Å². The zero-order valence-electron chi connectivity index (χ0n) is 12.4. The van der Waals surface area contributed by atoms with Crippen LogP contribution in [-0.2, 0) is 24.1 Å². The van der Waals surface area contributed by atoms with Crippen molar-refractivity contribution in [2.24, 2.45) is 14.1 Å². The Morgan fingerprint density at radius 2 is 1.71 bits per heavy atom. The van der Waals surface area contributed by atoms with Crippen LogP contribution in [0.15, 0.2) is 38.9 Å². The molecule has 126 valence electrons. The molecule has 0 amide bonds. The van der Waals surface area contributed by atoms with Gasteiger partial charge in [-0.05, 0) is 18.2 Å². The summed E-state index contributed by atoms with van der Waals surface area (Å²) >= 11 is 0. The Balaban J connectivity index is 2.32. The highest BCUT2D eigenvalue weighted by atomic mass is 32.2. The smallest absolute Gasteiger partial charge is 0.279 e. The Hall–Kier alpha value is -2.82. The molecule has 8 nitrogen and oxygen atoms in total. The van der Waals surface area contributed by atoms with Gasteiger partial charge in [0.1, 0.15) is 5.39 Å². The van der Waals surface area contributed by atoms with Crippen LogP contribution >= 0.6 is 0 Å². The summed E-state index contributed by atoms with van der Waals surface area (Å²) in [6.07, 6.45) is 0.924. The summed E-state index contributed by atoms with van der Waals surface area (Å²) in [5.41, 5.74) is -1.54. The second-order valence-electron chi connectivity index (χ2n) is 5.03. The molecule has 0 radical (unpaired) electrons. The van der Waals surface area contributed by atoms with Crippen LogP contribution in [0.25, 0.3) is 11.0 Å². The Morgan fingerprint density at radius 3 is 2.33 bits per heavy atom. The number of benzene rings is 1. The normalized spacial score (nSPS) is 12.0. The van der Waals surface area contributed by atoms with Crippen molar-refractivity contribution < 1.29 is 17.2 Å². The number of fused-ring (bicyclic) bond motifs is 1. The SMILES string of the molecule is Cn1c(=O)c2cn(S(=O)(=O)c3ccc(F)c(F)c3)nc2n(C)c1=O. The number of hydrogen-bond acceptors (Lipinski definition) is 5. The van der Waals surface area contributed by atoms with E-state index >= 15 is 0 Å². The predicted octanol–water partition coefficient (Wildman–Crippen LogP) is -0.0511. The van der Waals surface area contributed by atoms with E-state index in [9.17, 15) is 26.8 Å². The van der Waals surface area contributed by atoms with Gasteiger partial charge in [0.05, 0.1) is 11.1 Å².